The minimum Gasteiger partial charge on any atom is -0.333 e. The first-order valence-electron chi connectivity index (χ1n) is 5.80. The van der Waals surface area contributed by atoms with Gasteiger partial charge in [0, 0.05) is 27.2 Å². The maximum absolute atomic E-state index is 10.4. The molecule has 4 heteroatoms. The Morgan fingerprint density at radius 3 is 2.12 bits per heavy atom. The smallest absolute Gasteiger partial charge is 0.270 e. The van der Waals surface area contributed by atoms with Crippen LogP contribution in [-0.4, -0.2) is 34.1 Å². The Morgan fingerprint density at radius 1 is 1.29 bits per heavy atom. The molecule has 100 valence electrons. The molecule has 0 spiro atoms. The molecule has 0 aliphatic heterocycles. The molecule has 0 saturated carbocycles. The first-order valence-corrected chi connectivity index (χ1v) is 5.80. The number of hydrogen-bond acceptors (Lipinski definition) is 4. The van der Waals surface area contributed by atoms with Crippen molar-refractivity contribution < 1.29 is 19.0 Å². The molecule has 0 aromatic heterocycles. The molecule has 4 nitrogen and oxygen atoms in total. The van der Waals surface area contributed by atoms with Gasteiger partial charge in [0.15, 0.2) is 0 Å². The van der Waals surface area contributed by atoms with E-state index in [1.165, 1.54) is 26.9 Å². The average Bonchev–Trinajstić information content (AvgIpc) is 2.32. The van der Waals surface area contributed by atoms with Crippen LogP contribution in [0.2, 0.25) is 0 Å². The van der Waals surface area contributed by atoms with Crippen LogP contribution >= 0.6 is 0 Å². The van der Waals surface area contributed by atoms with Crippen molar-refractivity contribution >= 4 is 6.29 Å². The summed E-state index contributed by atoms with van der Waals surface area (Å²) in [7, 11) is 4.53. The van der Waals surface area contributed by atoms with E-state index in [0.29, 0.717) is 5.92 Å². The molecule has 0 aromatic carbocycles. The van der Waals surface area contributed by atoms with Gasteiger partial charge in [0.1, 0.15) is 6.29 Å². The molecular formula is C13H24O4. The van der Waals surface area contributed by atoms with Gasteiger partial charge in [-0.3, -0.25) is 0 Å². The van der Waals surface area contributed by atoms with Crippen molar-refractivity contribution in [1.82, 2.24) is 0 Å². The van der Waals surface area contributed by atoms with E-state index in [1.54, 1.807) is 0 Å². The van der Waals surface area contributed by atoms with Gasteiger partial charge in [-0.1, -0.05) is 18.6 Å². The Balaban J connectivity index is 0.000000325. The van der Waals surface area contributed by atoms with Gasteiger partial charge >= 0.3 is 0 Å². The molecule has 0 N–H and O–H groups in total. The summed E-state index contributed by atoms with van der Waals surface area (Å²) in [6, 6.07) is 0. The Kier molecular flexibility index (Phi) is 8.94. The molecule has 1 rings (SSSR count). The van der Waals surface area contributed by atoms with Crippen molar-refractivity contribution in [3.63, 3.8) is 0 Å². The molecule has 1 aliphatic carbocycles. The van der Waals surface area contributed by atoms with Gasteiger partial charge in [-0.25, -0.2) is 0 Å². The fraction of sp³-hybridized carbons (Fsp3) is 0.769. The lowest BCUT2D eigenvalue weighted by Gasteiger charge is -2.21. The zero-order valence-corrected chi connectivity index (χ0v) is 11.4. The van der Waals surface area contributed by atoms with E-state index >= 15 is 0 Å². The van der Waals surface area contributed by atoms with Crippen molar-refractivity contribution in [3.05, 3.63) is 11.6 Å². The highest BCUT2D eigenvalue weighted by molar-refractivity contribution is 5.55. The third-order valence-corrected chi connectivity index (χ3v) is 2.85. The lowest BCUT2D eigenvalue weighted by molar-refractivity contribution is -0.252. The van der Waals surface area contributed by atoms with E-state index in [1.807, 2.05) is 0 Å². The number of aldehydes is 1. The summed E-state index contributed by atoms with van der Waals surface area (Å²) in [5.74, 6) is 0.745. The molecule has 0 radical (unpaired) electrons. The van der Waals surface area contributed by atoms with Crippen LogP contribution in [0.4, 0.5) is 0 Å². The minimum absolute atomic E-state index is 0.281. The molecule has 0 heterocycles. The van der Waals surface area contributed by atoms with E-state index in [-0.39, 0.29) is 5.92 Å². The van der Waals surface area contributed by atoms with Crippen LogP contribution in [0.5, 0.6) is 0 Å². The molecule has 0 fully saturated rings. The predicted octanol–water partition coefficient (Wildman–Crippen LogP) is 2.39. The van der Waals surface area contributed by atoms with Crippen LogP contribution in [0.15, 0.2) is 11.6 Å². The normalized spacial score (nSPS) is 23.8. The Labute approximate surface area is 104 Å². The summed E-state index contributed by atoms with van der Waals surface area (Å²) in [6.45, 7) is 3.74. The number of carbonyl (C=O) groups excluding carboxylic acids is 1. The second-order valence-electron chi connectivity index (χ2n) is 4.21. The van der Waals surface area contributed by atoms with Crippen molar-refractivity contribution in [2.24, 2.45) is 11.8 Å². The van der Waals surface area contributed by atoms with Crippen molar-refractivity contribution in [1.29, 1.82) is 0 Å². The van der Waals surface area contributed by atoms with Crippen LogP contribution in [-0.2, 0) is 19.0 Å². The SMILES string of the molecule is CC1=C[C@@H](C)[C@H](C=O)CC1.COC(OC)OC. The van der Waals surface area contributed by atoms with E-state index < -0.39 is 6.48 Å². The second kappa shape index (κ2) is 9.33. The topological polar surface area (TPSA) is 44.8 Å². The summed E-state index contributed by atoms with van der Waals surface area (Å²) in [6.07, 6.45) is 5.46. The maximum atomic E-state index is 10.4. The highest BCUT2D eigenvalue weighted by Gasteiger charge is 2.18. The molecule has 0 aromatic rings. The van der Waals surface area contributed by atoms with Crippen molar-refractivity contribution in [2.75, 3.05) is 21.3 Å². The van der Waals surface area contributed by atoms with Gasteiger partial charge in [0.25, 0.3) is 6.48 Å². The highest BCUT2D eigenvalue weighted by Crippen LogP contribution is 2.26. The quantitative estimate of drug-likeness (QED) is 0.433. The molecule has 0 bridgehead atoms. The molecular weight excluding hydrogens is 220 g/mol. The fourth-order valence-corrected chi connectivity index (χ4v) is 1.79. The third-order valence-electron chi connectivity index (χ3n) is 2.85. The summed E-state index contributed by atoms with van der Waals surface area (Å²) >= 11 is 0. The maximum Gasteiger partial charge on any atom is 0.270 e. The molecule has 2 atom stereocenters. The predicted molar refractivity (Wildman–Crippen MR) is 66.5 cm³/mol. The van der Waals surface area contributed by atoms with Gasteiger partial charge in [-0.2, -0.15) is 0 Å². The van der Waals surface area contributed by atoms with Crippen molar-refractivity contribution in [3.8, 4) is 0 Å². The third kappa shape index (κ3) is 6.56. The average molecular weight is 244 g/mol. The second-order valence-corrected chi connectivity index (χ2v) is 4.21. The van der Waals surface area contributed by atoms with E-state index in [4.69, 9.17) is 0 Å². The Bertz CT molecular complexity index is 228. The summed E-state index contributed by atoms with van der Waals surface area (Å²) in [5.41, 5.74) is 1.44. The molecule has 0 unspecified atom stereocenters. The fourth-order valence-electron chi connectivity index (χ4n) is 1.79. The molecule has 0 amide bonds. The number of allylic oxidation sites excluding steroid dienone is 2. The van der Waals surface area contributed by atoms with Crippen LogP contribution in [0.1, 0.15) is 26.7 Å². The van der Waals surface area contributed by atoms with Crippen molar-refractivity contribution in [2.45, 2.75) is 33.2 Å². The van der Waals surface area contributed by atoms with E-state index in [9.17, 15) is 4.79 Å². The van der Waals surface area contributed by atoms with E-state index in [0.717, 1.165) is 19.1 Å². The first-order chi connectivity index (χ1) is 8.08. The van der Waals surface area contributed by atoms with E-state index in [2.05, 4.69) is 34.1 Å². The van der Waals surface area contributed by atoms with Gasteiger partial charge in [-0.05, 0) is 25.7 Å². The molecule has 1 aliphatic rings. The lowest BCUT2D eigenvalue weighted by Crippen LogP contribution is -2.15. The number of rotatable bonds is 4. The number of carbonyl (C=O) groups is 1. The summed E-state index contributed by atoms with van der Waals surface area (Å²) in [4.78, 5) is 10.4. The minimum atomic E-state index is -0.514. The van der Waals surface area contributed by atoms with Gasteiger partial charge < -0.3 is 19.0 Å². The number of ether oxygens (including phenoxy) is 3. The van der Waals surface area contributed by atoms with Crippen LogP contribution in [0, 0.1) is 11.8 Å². The van der Waals surface area contributed by atoms with Gasteiger partial charge in [0.2, 0.25) is 0 Å². The Morgan fingerprint density at radius 2 is 1.82 bits per heavy atom. The summed E-state index contributed by atoms with van der Waals surface area (Å²) < 4.78 is 13.8. The zero-order valence-electron chi connectivity index (χ0n) is 11.4. The number of hydrogen-bond donors (Lipinski definition) is 0. The van der Waals surface area contributed by atoms with Crippen LogP contribution < -0.4 is 0 Å². The lowest BCUT2D eigenvalue weighted by atomic mass is 9.83. The van der Waals surface area contributed by atoms with Crippen LogP contribution in [0.3, 0.4) is 0 Å². The van der Waals surface area contributed by atoms with Gasteiger partial charge in [-0.15, -0.1) is 0 Å². The highest BCUT2D eigenvalue weighted by atomic mass is 16.8. The van der Waals surface area contributed by atoms with Gasteiger partial charge in [0.05, 0.1) is 0 Å². The number of methoxy groups -OCH3 is 3. The summed E-state index contributed by atoms with van der Waals surface area (Å²) in [5, 5.41) is 0. The van der Waals surface area contributed by atoms with Crippen LogP contribution in [0.25, 0.3) is 0 Å². The largest absolute Gasteiger partial charge is 0.333 e. The standard InChI is InChI=1S/C9H14O.C4H10O3/c1-7-3-4-9(6-10)8(2)5-7;1-5-4(6-2)7-3/h5-6,8-9H,3-4H2,1-2H3;4H,1-3H3/t8-,9+;/m1./s1. The first kappa shape index (κ1) is 16.3. The molecule has 0 saturated heterocycles. The Hall–Kier alpha value is -0.710. The monoisotopic (exact) mass is 244 g/mol. The zero-order chi connectivity index (χ0) is 13.3. The molecule has 17 heavy (non-hydrogen) atoms.